The molecule has 3 heteroatoms. The normalized spacial score (nSPS) is 16.8. The number of hydrogen-bond acceptors (Lipinski definition) is 3. The molecule has 0 saturated heterocycles. The van der Waals surface area contributed by atoms with E-state index in [4.69, 9.17) is 9.47 Å². The Morgan fingerprint density at radius 2 is 1.42 bits per heavy atom. The Balaban J connectivity index is 1.77. The van der Waals surface area contributed by atoms with Crippen molar-refractivity contribution < 1.29 is 14.3 Å². The molecule has 0 N–H and O–H groups in total. The summed E-state index contributed by atoms with van der Waals surface area (Å²) in [5.41, 5.74) is 4.25. The summed E-state index contributed by atoms with van der Waals surface area (Å²) in [5, 5.41) is 0. The van der Waals surface area contributed by atoms with E-state index in [0.717, 1.165) is 34.7 Å². The standard InChI is InChI=1S/C21H20O3/c1-14-12-17(13-22)15(2)21(14)16-4-6-19(7-5-16)24-20-10-8-18(23-3)9-11-20/h4-13,21H,1-3H3. The van der Waals surface area contributed by atoms with Crippen LogP contribution in [0.5, 0.6) is 17.2 Å². The molecule has 2 aromatic carbocycles. The van der Waals surface area contributed by atoms with Crippen LogP contribution in [0, 0.1) is 0 Å². The lowest BCUT2D eigenvalue weighted by atomic mass is 9.89. The fourth-order valence-corrected chi connectivity index (χ4v) is 3.10. The van der Waals surface area contributed by atoms with E-state index in [2.05, 4.69) is 19.1 Å². The van der Waals surface area contributed by atoms with Gasteiger partial charge in [0.15, 0.2) is 0 Å². The Morgan fingerprint density at radius 1 is 0.875 bits per heavy atom. The smallest absolute Gasteiger partial charge is 0.150 e. The molecular formula is C21H20O3. The number of carbonyl (C=O) groups is 1. The van der Waals surface area contributed by atoms with Gasteiger partial charge in [0.25, 0.3) is 0 Å². The second-order valence-electron chi connectivity index (χ2n) is 5.92. The minimum absolute atomic E-state index is 0.181. The Hall–Kier alpha value is -2.81. The highest BCUT2D eigenvalue weighted by Gasteiger charge is 2.23. The second kappa shape index (κ2) is 6.75. The Bertz CT molecular complexity index is 796. The molecule has 24 heavy (non-hydrogen) atoms. The van der Waals surface area contributed by atoms with Crippen molar-refractivity contribution >= 4 is 6.29 Å². The summed E-state index contributed by atoms with van der Waals surface area (Å²) in [6, 6.07) is 15.5. The van der Waals surface area contributed by atoms with Crippen LogP contribution < -0.4 is 9.47 Å². The van der Waals surface area contributed by atoms with Gasteiger partial charge in [-0.15, -0.1) is 0 Å². The molecule has 3 rings (SSSR count). The second-order valence-corrected chi connectivity index (χ2v) is 5.92. The van der Waals surface area contributed by atoms with Gasteiger partial charge in [0.2, 0.25) is 0 Å². The van der Waals surface area contributed by atoms with Crippen LogP contribution in [0.15, 0.2) is 71.3 Å². The molecule has 0 radical (unpaired) electrons. The molecular weight excluding hydrogens is 300 g/mol. The van der Waals surface area contributed by atoms with Gasteiger partial charge in [-0.2, -0.15) is 0 Å². The van der Waals surface area contributed by atoms with Crippen LogP contribution >= 0.6 is 0 Å². The number of ether oxygens (including phenoxy) is 2. The first-order valence-electron chi connectivity index (χ1n) is 7.88. The fourth-order valence-electron chi connectivity index (χ4n) is 3.10. The molecule has 0 aromatic heterocycles. The van der Waals surface area contributed by atoms with E-state index in [1.165, 1.54) is 11.1 Å². The van der Waals surface area contributed by atoms with Gasteiger partial charge < -0.3 is 9.47 Å². The zero-order chi connectivity index (χ0) is 17.1. The number of methoxy groups -OCH3 is 1. The molecule has 1 unspecified atom stereocenters. The summed E-state index contributed by atoms with van der Waals surface area (Å²) < 4.78 is 11.0. The largest absolute Gasteiger partial charge is 0.497 e. The molecule has 0 saturated carbocycles. The summed E-state index contributed by atoms with van der Waals surface area (Å²) in [6.45, 7) is 4.08. The maximum Gasteiger partial charge on any atom is 0.150 e. The highest BCUT2D eigenvalue weighted by molar-refractivity contribution is 5.82. The van der Waals surface area contributed by atoms with Crippen molar-refractivity contribution in [1.29, 1.82) is 0 Å². The van der Waals surface area contributed by atoms with Crippen LogP contribution in [0.1, 0.15) is 25.3 Å². The van der Waals surface area contributed by atoms with E-state index in [1.807, 2.05) is 49.4 Å². The van der Waals surface area contributed by atoms with Crippen LogP contribution in [0.2, 0.25) is 0 Å². The van der Waals surface area contributed by atoms with Crippen molar-refractivity contribution in [2.24, 2.45) is 0 Å². The first-order valence-corrected chi connectivity index (χ1v) is 7.88. The van der Waals surface area contributed by atoms with Gasteiger partial charge in [-0.25, -0.2) is 0 Å². The maximum atomic E-state index is 11.1. The summed E-state index contributed by atoms with van der Waals surface area (Å²) in [7, 11) is 1.64. The zero-order valence-corrected chi connectivity index (χ0v) is 14.1. The molecule has 3 nitrogen and oxygen atoms in total. The molecule has 1 aliphatic carbocycles. The van der Waals surface area contributed by atoms with Crippen LogP contribution in [0.3, 0.4) is 0 Å². The van der Waals surface area contributed by atoms with E-state index >= 15 is 0 Å². The summed E-state index contributed by atoms with van der Waals surface area (Å²) in [6.07, 6.45) is 2.90. The number of rotatable bonds is 5. The predicted octanol–water partition coefficient (Wildman–Crippen LogP) is 5.05. The highest BCUT2D eigenvalue weighted by Crippen LogP contribution is 2.39. The Morgan fingerprint density at radius 3 is 1.92 bits per heavy atom. The maximum absolute atomic E-state index is 11.1. The lowest BCUT2D eigenvalue weighted by Crippen LogP contribution is -1.99. The molecule has 0 bridgehead atoms. The number of allylic oxidation sites excluding steroid dienone is 4. The minimum Gasteiger partial charge on any atom is -0.497 e. The Kier molecular flexibility index (Phi) is 4.52. The van der Waals surface area contributed by atoms with Gasteiger partial charge in [0.1, 0.15) is 23.5 Å². The van der Waals surface area contributed by atoms with Gasteiger partial charge >= 0.3 is 0 Å². The molecule has 0 aliphatic heterocycles. The molecule has 2 aromatic rings. The molecule has 1 aliphatic rings. The summed E-state index contributed by atoms with van der Waals surface area (Å²) in [4.78, 5) is 11.1. The third kappa shape index (κ3) is 3.11. The van der Waals surface area contributed by atoms with E-state index in [9.17, 15) is 4.79 Å². The molecule has 122 valence electrons. The van der Waals surface area contributed by atoms with Gasteiger partial charge in [-0.3, -0.25) is 4.79 Å². The van der Waals surface area contributed by atoms with Crippen LogP contribution in [0.25, 0.3) is 0 Å². The average molecular weight is 320 g/mol. The third-order valence-corrected chi connectivity index (χ3v) is 4.36. The van der Waals surface area contributed by atoms with Gasteiger partial charge in [-0.1, -0.05) is 29.4 Å². The van der Waals surface area contributed by atoms with Crippen molar-refractivity contribution in [1.82, 2.24) is 0 Å². The lowest BCUT2D eigenvalue weighted by molar-refractivity contribution is -0.104. The lowest BCUT2D eigenvalue weighted by Gasteiger charge is -2.16. The van der Waals surface area contributed by atoms with E-state index in [-0.39, 0.29) is 5.92 Å². The molecule has 0 amide bonds. The van der Waals surface area contributed by atoms with Gasteiger partial charge in [0, 0.05) is 11.5 Å². The van der Waals surface area contributed by atoms with Gasteiger partial charge in [0.05, 0.1) is 7.11 Å². The zero-order valence-electron chi connectivity index (χ0n) is 14.1. The van der Waals surface area contributed by atoms with E-state index < -0.39 is 0 Å². The molecule has 0 heterocycles. The molecule has 0 fully saturated rings. The van der Waals surface area contributed by atoms with Crippen molar-refractivity contribution in [2.45, 2.75) is 19.8 Å². The number of aldehydes is 1. The van der Waals surface area contributed by atoms with Gasteiger partial charge in [-0.05, 0) is 55.8 Å². The first-order chi connectivity index (χ1) is 11.6. The van der Waals surface area contributed by atoms with Crippen molar-refractivity contribution in [3.63, 3.8) is 0 Å². The monoisotopic (exact) mass is 320 g/mol. The van der Waals surface area contributed by atoms with Crippen LogP contribution in [0.4, 0.5) is 0 Å². The van der Waals surface area contributed by atoms with Crippen LogP contribution in [-0.4, -0.2) is 13.4 Å². The highest BCUT2D eigenvalue weighted by atomic mass is 16.5. The fraction of sp³-hybridized carbons (Fsp3) is 0.190. The minimum atomic E-state index is 0.181. The number of benzene rings is 2. The Labute approximate surface area is 142 Å². The van der Waals surface area contributed by atoms with Crippen molar-refractivity contribution in [3.8, 4) is 17.2 Å². The average Bonchev–Trinajstić information content (AvgIpc) is 2.90. The SMILES string of the molecule is COc1ccc(Oc2ccc(C3C(C)=CC(C=O)=C3C)cc2)cc1. The summed E-state index contributed by atoms with van der Waals surface area (Å²) in [5.74, 6) is 2.52. The van der Waals surface area contributed by atoms with Crippen molar-refractivity contribution in [3.05, 3.63) is 76.9 Å². The summed E-state index contributed by atoms with van der Waals surface area (Å²) >= 11 is 0. The third-order valence-electron chi connectivity index (χ3n) is 4.36. The first kappa shape index (κ1) is 16.1. The number of hydrogen-bond donors (Lipinski definition) is 0. The number of carbonyl (C=O) groups excluding carboxylic acids is 1. The topological polar surface area (TPSA) is 35.5 Å². The van der Waals surface area contributed by atoms with Crippen LogP contribution in [-0.2, 0) is 4.79 Å². The van der Waals surface area contributed by atoms with E-state index in [0.29, 0.717) is 0 Å². The predicted molar refractivity (Wildman–Crippen MR) is 94.8 cm³/mol. The van der Waals surface area contributed by atoms with Crippen molar-refractivity contribution in [2.75, 3.05) is 7.11 Å². The van der Waals surface area contributed by atoms with E-state index in [1.54, 1.807) is 7.11 Å². The molecule has 0 spiro atoms. The molecule has 1 atom stereocenters. The quantitative estimate of drug-likeness (QED) is 0.723.